The second-order valence-corrected chi connectivity index (χ2v) is 11.1. The summed E-state index contributed by atoms with van der Waals surface area (Å²) < 4.78 is 37.6. The molecule has 1 aliphatic heterocycles. The quantitative estimate of drug-likeness (QED) is 0.159. The van der Waals surface area contributed by atoms with Crippen LogP contribution < -0.4 is 29.2 Å². The number of likely N-dealkylation sites (tertiary alicyclic amines) is 1. The summed E-state index contributed by atoms with van der Waals surface area (Å²) in [5, 5.41) is 3.03. The molecule has 5 rings (SSSR count). The number of nitrogens with one attached hydrogen (secondary N) is 1. The molecule has 2 heterocycles. The molecule has 3 aromatic carbocycles. The van der Waals surface area contributed by atoms with E-state index in [9.17, 15) is 9.18 Å². The van der Waals surface area contributed by atoms with E-state index in [1.807, 2.05) is 32.0 Å². The van der Waals surface area contributed by atoms with Crippen LogP contribution in [0.5, 0.6) is 23.0 Å². The van der Waals surface area contributed by atoms with E-state index in [1.165, 1.54) is 43.5 Å². The number of aromatic nitrogens is 2. The molecule has 1 aliphatic rings. The summed E-state index contributed by atoms with van der Waals surface area (Å²) in [5.74, 6) is 1.38. The van der Waals surface area contributed by atoms with Crippen LogP contribution in [0.15, 0.2) is 66.9 Å². The maximum atomic E-state index is 15.0. The van der Waals surface area contributed by atoms with E-state index in [1.54, 1.807) is 43.5 Å². The Morgan fingerprint density at radius 1 is 0.957 bits per heavy atom. The van der Waals surface area contributed by atoms with Gasteiger partial charge in [-0.2, -0.15) is 4.98 Å². The number of ether oxygens (including phenoxy) is 4. The van der Waals surface area contributed by atoms with Crippen molar-refractivity contribution < 1.29 is 28.1 Å². The predicted octanol–water partition coefficient (Wildman–Crippen LogP) is 7.59. The SMILES string of the molecule is COc1ccc(N(C(=O)Oc2c(C)cccc2C)c2ccnc(Nc3ccc(OCCCN4CCCCC4)c(F)c3)n2)c(OC)c1. The molecule has 0 atom stereocenters. The van der Waals surface area contributed by atoms with E-state index >= 15 is 0 Å². The summed E-state index contributed by atoms with van der Waals surface area (Å²) in [6, 6.07) is 16.9. The summed E-state index contributed by atoms with van der Waals surface area (Å²) in [4.78, 5) is 26.5. The number of carbonyl (C=O) groups excluding carboxylic acids is 1. The fraction of sp³-hybridized carbons (Fsp3) is 0.343. The van der Waals surface area contributed by atoms with Crippen LogP contribution >= 0.6 is 0 Å². The van der Waals surface area contributed by atoms with Crippen molar-refractivity contribution in [1.82, 2.24) is 14.9 Å². The third kappa shape index (κ3) is 8.02. The molecule has 1 aromatic heterocycles. The van der Waals surface area contributed by atoms with Crippen LogP contribution in [0, 0.1) is 19.7 Å². The van der Waals surface area contributed by atoms with Gasteiger partial charge in [0.25, 0.3) is 0 Å². The van der Waals surface area contributed by atoms with Crippen LogP contribution in [0.2, 0.25) is 0 Å². The van der Waals surface area contributed by atoms with E-state index in [4.69, 9.17) is 18.9 Å². The Labute approximate surface area is 269 Å². The fourth-order valence-electron chi connectivity index (χ4n) is 5.39. The zero-order valence-electron chi connectivity index (χ0n) is 26.7. The minimum absolute atomic E-state index is 0.143. The molecule has 1 N–H and O–H groups in total. The summed E-state index contributed by atoms with van der Waals surface area (Å²) in [6.07, 6.45) is 5.39. The highest BCUT2D eigenvalue weighted by atomic mass is 19.1. The van der Waals surface area contributed by atoms with Gasteiger partial charge in [-0.3, -0.25) is 0 Å². The van der Waals surface area contributed by atoms with Gasteiger partial charge in [0, 0.05) is 36.6 Å². The molecule has 0 radical (unpaired) electrons. The summed E-state index contributed by atoms with van der Waals surface area (Å²) in [6.45, 7) is 7.37. The van der Waals surface area contributed by atoms with Crippen molar-refractivity contribution in [3.63, 3.8) is 0 Å². The number of methoxy groups -OCH3 is 2. The molecule has 4 aromatic rings. The van der Waals surface area contributed by atoms with Crippen LogP contribution in [0.1, 0.15) is 36.8 Å². The van der Waals surface area contributed by atoms with Crippen molar-refractivity contribution in [3.05, 3.63) is 83.8 Å². The largest absolute Gasteiger partial charge is 0.497 e. The minimum atomic E-state index is -0.710. The number of aryl methyl sites for hydroxylation is 2. The van der Waals surface area contributed by atoms with Gasteiger partial charge in [0.1, 0.15) is 23.1 Å². The second-order valence-electron chi connectivity index (χ2n) is 11.1. The lowest BCUT2D eigenvalue weighted by molar-refractivity contribution is 0.203. The summed E-state index contributed by atoms with van der Waals surface area (Å²) in [5.41, 5.74) is 2.40. The number of benzene rings is 3. The number of para-hydroxylation sites is 1. The molecule has 46 heavy (non-hydrogen) atoms. The Morgan fingerprint density at radius 3 is 2.46 bits per heavy atom. The lowest BCUT2D eigenvalue weighted by Crippen LogP contribution is -2.31. The van der Waals surface area contributed by atoms with Crippen LogP contribution in [0.4, 0.5) is 32.3 Å². The van der Waals surface area contributed by atoms with Gasteiger partial charge in [-0.1, -0.05) is 24.6 Å². The molecule has 0 spiro atoms. The zero-order chi connectivity index (χ0) is 32.5. The molecule has 0 unspecified atom stereocenters. The molecular formula is C35H40FN5O5. The molecule has 1 amide bonds. The molecule has 0 bridgehead atoms. The van der Waals surface area contributed by atoms with E-state index in [-0.39, 0.29) is 17.5 Å². The molecule has 11 heteroatoms. The van der Waals surface area contributed by atoms with Gasteiger partial charge in [0.15, 0.2) is 11.6 Å². The summed E-state index contributed by atoms with van der Waals surface area (Å²) in [7, 11) is 3.04. The van der Waals surface area contributed by atoms with Gasteiger partial charge >= 0.3 is 6.09 Å². The van der Waals surface area contributed by atoms with Gasteiger partial charge in [-0.25, -0.2) is 19.1 Å². The fourth-order valence-corrected chi connectivity index (χ4v) is 5.39. The molecule has 242 valence electrons. The Morgan fingerprint density at radius 2 is 1.74 bits per heavy atom. The second kappa shape index (κ2) is 15.4. The zero-order valence-corrected chi connectivity index (χ0v) is 26.7. The van der Waals surface area contributed by atoms with E-state index < -0.39 is 11.9 Å². The number of halogens is 1. The Hall–Kier alpha value is -4.90. The van der Waals surface area contributed by atoms with Gasteiger partial charge in [0.05, 0.1) is 26.5 Å². The van der Waals surface area contributed by atoms with E-state index in [2.05, 4.69) is 20.2 Å². The molecule has 10 nitrogen and oxygen atoms in total. The minimum Gasteiger partial charge on any atom is -0.497 e. The van der Waals surface area contributed by atoms with Gasteiger partial charge in [0.2, 0.25) is 5.95 Å². The van der Waals surface area contributed by atoms with Crippen molar-refractivity contribution >= 4 is 29.2 Å². The lowest BCUT2D eigenvalue weighted by Gasteiger charge is -2.26. The molecular weight excluding hydrogens is 589 g/mol. The van der Waals surface area contributed by atoms with Crippen LogP contribution in [-0.2, 0) is 0 Å². The summed E-state index contributed by atoms with van der Waals surface area (Å²) >= 11 is 0. The average Bonchev–Trinajstić information content (AvgIpc) is 3.06. The molecule has 0 saturated carbocycles. The highest BCUT2D eigenvalue weighted by Crippen LogP contribution is 2.37. The first-order valence-corrected chi connectivity index (χ1v) is 15.4. The number of nitrogens with zero attached hydrogens (tertiary/aromatic N) is 4. The van der Waals surface area contributed by atoms with Crippen molar-refractivity contribution in [3.8, 4) is 23.0 Å². The van der Waals surface area contributed by atoms with Gasteiger partial charge < -0.3 is 29.2 Å². The van der Waals surface area contributed by atoms with E-state index in [0.29, 0.717) is 35.2 Å². The maximum absolute atomic E-state index is 15.0. The molecule has 1 fully saturated rings. The van der Waals surface area contributed by atoms with Crippen molar-refractivity contribution in [2.45, 2.75) is 39.5 Å². The highest BCUT2D eigenvalue weighted by Gasteiger charge is 2.27. The third-order valence-electron chi connectivity index (χ3n) is 7.79. The Balaban J connectivity index is 1.35. The first kappa shape index (κ1) is 32.5. The van der Waals surface area contributed by atoms with Crippen LogP contribution in [0.3, 0.4) is 0 Å². The molecule has 0 aliphatic carbocycles. The highest BCUT2D eigenvalue weighted by molar-refractivity contribution is 5.98. The number of carbonyl (C=O) groups is 1. The number of anilines is 4. The Bertz CT molecular complexity index is 1630. The number of amides is 1. The maximum Gasteiger partial charge on any atom is 0.425 e. The number of rotatable bonds is 12. The first-order chi connectivity index (χ1) is 22.4. The van der Waals surface area contributed by atoms with Crippen molar-refractivity contribution in [2.75, 3.05) is 50.7 Å². The third-order valence-corrected chi connectivity index (χ3v) is 7.79. The lowest BCUT2D eigenvalue weighted by atomic mass is 10.1. The van der Waals surface area contributed by atoms with Crippen molar-refractivity contribution in [2.24, 2.45) is 0 Å². The number of hydrogen-bond acceptors (Lipinski definition) is 9. The smallest absolute Gasteiger partial charge is 0.425 e. The topological polar surface area (TPSA) is 98.3 Å². The average molecular weight is 630 g/mol. The first-order valence-electron chi connectivity index (χ1n) is 15.4. The van der Waals surface area contributed by atoms with Crippen LogP contribution in [-0.4, -0.2) is 61.4 Å². The van der Waals surface area contributed by atoms with Gasteiger partial charge in [-0.05, 0) is 81.6 Å². The normalized spacial score (nSPS) is 13.2. The van der Waals surface area contributed by atoms with Crippen LogP contribution in [0.25, 0.3) is 0 Å². The Kier molecular flexibility index (Phi) is 10.9. The monoisotopic (exact) mass is 629 g/mol. The van der Waals surface area contributed by atoms with E-state index in [0.717, 1.165) is 37.2 Å². The predicted molar refractivity (Wildman–Crippen MR) is 176 cm³/mol. The standard InChI is InChI=1S/C35H40FN5O5/c1-24-10-8-11-25(2)33(24)46-35(42)41(29-14-13-27(43-3)23-31(29)44-4)32-16-17-37-34(39-32)38-26-12-15-30(28(36)22-26)45-21-9-20-40-18-6-5-7-19-40/h8,10-17,22-23H,5-7,9,18-21H2,1-4H3,(H,37,38,39). The molecule has 1 saturated heterocycles. The van der Waals surface area contributed by atoms with Gasteiger partial charge in [-0.15, -0.1) is 0 Å². The van der Waals surface area contributed by atoms with Crippen molar-refractivity contribution in [1.29, 1.82) is 0 Å². The number of piperidine rings is 1. The number of hydrogen-bond donors (Lipinski definition) is 1.